The maximum atomic E-state index is 12.1. The number of anilines is 1. The minimum absolute atomic E-state index is 0.104. The van der Waals surface area contributed by atoms with E-state index < -0.39 is 10.0 Å². The largest absolute Gasteiger partial charge is 0.486 e. The zero-order valence-corrected chi connectivity index (χ0v) is 14.1. The van der Waals surface area contributed by atoms with E-state index in [1.807, 2.05) is 13.8 Å². The minimum atomic E-state index is -3.57. The van der Waals surface area contributed by atoms with Crippen LogP contribution in [0.1, 0.15) is 27.7 Å². The first kappa shape index (κ1) is 16.8. The van der Waals surface area contributed by atoms with Gasteiger partial charge in [0.05, 0.1) is 17.1 Å². The first-order chi connectivity index (χ1) is 10.3. The van der Waals surface area contributed by atoms with Crippen molar-refractivity contribution in [2.75, 3.05) is 18.0 Å². The number of rotatable bonds is 4. The van der Waals surface area contributed by atoms with Gasteiger partial charge in [-0.05, 0) is 24.1 Å². The molecule has 0 fully saturated rings. The molecule has 6 nitrogen and oxygen atoms in total. The van der Waals surface area contributed by atoms with Crippen LogP contribution in [-0.4, -0.2) is 33.5 Å². The minimum Gasteiger partial charge on any atom is -0.486 e. The average Bonchev–Trinajstić information content (AvgIpc) is 2.45. The van der Waals surface area contributed by atoms with Gasteiger partial charge in [-0.2, -0.15) is 0 Å². The molecule has 0 radical (unpaired) electrons. The molecule has 7 heteroatoms. The average molecular weight is 326 g/mol. The molecule has 1 N–H and O–H groups in total. The number of nitrogens with zero attached hydrogens (tertiary/aromatic N) is 1. The van der Waals surface area contributed by atoms with Crippen molar-refractivity contribution in [2.24, 2.45) is 5.92 Å². The molecule has 1 unspecified atom stereocenters. The first-order valence-electron chi connectivity index (χ1n) is 7.34. The number of ether oxygens (including phenoxy) is 1. The van der Waals surface area contributed by atoms with Crippen molar-refractivity contribution < 1.29 is 17.9 Å². The zero-order chi connectivity index (χ0) is 16.5. The van der Waals surface area contributed by atoms with E-state index in [0.29, 0.717) is 24.5 Å². The van der Waals surface area contributed by atoms with E-state index in [4.69, 9.17) is 4.74 Å². The molecule has 0 saturated carbocycles. The number of hydrogen-bond acceptors (Lipinski definition) is 4. The van der Waals surface area contributed by atoms with Crippen molar-refractivity contribution in [1.82, 2.24) is 4.72 Å². The highest BCUT2D eigenvalue weighted by Crippen LogP contribution is 2.36. The van der Waals surface area contributed by atoms with Crippen molar-refractivity contribution in [3.8, 4) is 5.75 Å². The molecule has 122 valence electrons. The van der Waals surface area contributed by atoms with Gasteiger partial charge in [0.1, 0.15) is 11.9 Å². The van der Waals surface area contributed by atoms with Gasteiger partial charge in [-0.3, -0.25) is 4.79 Å². The molecule has 1 aromatic rings. The van der Waals surface area contributed by atoms with Crippen LogP contribution in [0.5, 0.6) is 5.75 Å². The summed E-state index contributed by atoms with van der Waals surface area (Å²) in [6, 6.07) is 4.60. The lowest BCUT2D eigenvalue weighted by molar-refractivity contribution is -0.117. The van der Waals surface area contributed by atoms with Crippen LogP contribution in [0.3, 0.4) is 0 Å². The third-order valence-corrected chi connectivity index (χ3v) is 5.17. The Hall–Kier alpha value is -1.60. The van der Waals surface area contributed by atoms with Gasteiger partial charge in [0.2, 0.25) is 15.9 Å². The Bertz CT molecular complexity index is 670. The molecule has 0 aliphatic carbocycles. The van der Waals surface area contributed by atoms with E-state index in [1.54, 1.807) is 17.9 Å². The van der Waals surface area contributed by atoms with E-state index in [-0.39, 0.29) is 22.8 Å². The second kappa shape index (κ2) is 6.26. The van der Waals surface area contributed by atoms with Crippen LogP contribution < -0.4 is 14.4 Å². The monoisotopic (exact) mass is 326 g/mol. The van der Waals surface area contributed by atoms with Gasteiger partial charge in [0.15, 0.2) is 0 Å². The smallest absolute Gasteiger partial charge is 0.240 e. The third-order valence-electron chi connectivity index (χ3n) is 3.63. The quantitative estimate of drug-likeness (QED) is 0.915. The Morgan fingerprint density at radius 2 is 2.14 bits per heavy atom. The predicted octanol–water partition coefficient (Wildman–Crippen LogP) is 1.75. The van der Waals surface area contributed by atoms with E-state index >= 15 is 0 Å². The summed E-state index contributed by atoms with van der Waals surface area (Å²) in [5.74, 6) is 0.656. The highest BCUT2D eigenvalue weighted by atomic mass is 32.2. The maximum Gasteiger partial charge on any atom is 0.240 e. The van der Waals surface area contributed by atoms with Crippen LogP contribution in [0, 0.1) is 5.92 Å². The van der Waals surface area contributed by atoms with E-state index in [9.17, 15) is 13.2 Å². The SMILES string of the molecule is CCNS(=O)(=O)c1ccc2c(c1)N(C(C)=O)CC(C(C)C)O2. The third kappa shape index (κ3) is 3.25. The molecular weight excluding hydrogens is 304 g/mol. The van der Waals surface area contributed by atoms with Crippen LogP contribution in [-0.2, 0) is 14.8 Å². The predicted molar refractivity (Wildman–Crippen MR) is 84.6 cm³/mol. The first-order valence-corrected chi connectivity index (χ1v) is 8.83. The van der Waals surface area contributed by atoms with Gasteiger partial charge in [0.25, 0.3) is 0 Å². The van der Waals surface area contributed by atoms with E-state index in [0.717, 1.165) is 0 Å². The molecule has 0 saturated heterocycles. The van der Waals surface area contributed by atoms with Gasteiger partial charge in [-0.25, -0.2) is 13.1 Å². The summed E-state index contributed by atoms with van der Waals surface area (Å²) in [5.41, 5.74) is 0.503. The Kier molecular flexibility index (Phi) is 4.77. The fraction of sp³-hybridized carbons (Fsp3) is 0.533. The Labute approximate surface area is 131 Å². The van der Waals surface area contributed by atoms with E-state index in [1.165, 1.54) is 19.1 Å². The van der Waals surface area contributed by atoms with Crippen LogP contribution in [0.25, 0.3) is 0 Å². The highest BCUT2D eigenvalue weighted by Gasteiger charge is 2.31. The lowest BCUT2D eigenvalue weighted by atomic mass is 10.0. The second-order valence-corrected chi connectivity index (χ2v) is 7.43. The van der Waals surface area contributed by atoms with Gasteiger partial charge in [-0.1, -0.05) is 20.8 Å². The van der Waals surface area contributed by atoms with Gasteiger partial charge in [0, 0.05) is 13.5 Å². The summed E-state index contributed by atoms with van der Waals surface area (Å²) in [7, 11) is -3.57. The maximum absolute atomic E-state index is 12.1. The van der Waals surface area contributed by atoms with E-state index in [2.05, 4.69) is 4.72 Å². The molecule has 2 rings (SSSR count). The van der Waals surface area contributed by atoms with Crippen molar-refractivity contribution in [1.29, 1.82) is 0 Å². The van der Waals surface area contributed by atoms with Gasteiger partial charge < -0.3 is 9.64 Å². The molecule has 0 bridgehead atoms. The summed E-state index contributed by atoms with van der Waals surface area (Å²) in [6.07, 6.45) is -0.104. The molecule has 0 spiro atoms. The number of benzene rings is 1. The van der Waals surface area contributed by atoms with Crippen LogP contribution in [0.2, 0.25) is 0 Å². The number of hydrogen-bond donors (Lipinski definition) is 1. The number of sulfonamides is 1. The fourth-order valence-electron chi connectivity index (χ4n) is 2.37. The summed E-state index contributed by atoms with van der Waals surface area (Å²) in [5, 5.41) is 0. The number of carbonyl (C=O) groups excluding carboxylic acids is 1. The van der Waals surface area contributed by atoms with Gasteiger partial charge >= 0.3 is 0 Å². The normalized spacial score (nSPS) is 18.0. The number of amides is 1. The molecule has 1 atom stereocenters. The molecule has 1 aromatic carbocycles. The van der Waals surface area contributed by atoms with Crippen molar-refractivity contribution in [3.05, 3.63) is 18.2 Å². The van der Waals surface area contributed by atoms with Gasteiger partial charge in [-0.15, -0.1) is 0 Å². The van der Waals surface area contributed by atoms with Crippen LogP contribution in [0.15, 0.2) is 23.1 Å². The Morgan fingerprint density at radius 3 is 2.68 bits per heavy atom. The molecular formula is C15H22N2O4S. The second-order valence-electron chi connectivity index (χ2n) is 5.66. The summed E-state index contributed by atoms with van der Waals surface area (Å²) < 4.78 is 32.6. The standard InChI is InChI=1S/C15H22N2O4S/c1-5-16-22(19,20)12-6-7-14-13(8-12)17(11(4)18)9-15(21-14)10(2)3/h6-8,10,15-16H,5,9H2,1-4H3. The highest BCUT2D eigenvalue weighted by molar-refractivity contribution is 7.89. The molecule has 1 aliphatic heterocycles. The fourth-order valence-corrected chi connectivity index (χ4v) is 3.43. The molecule has 1 aliphatic rings. The number of fused-ring (bicyclic) bond motifs is 1. The Morgan fingerprint density at radius 1 is 1.45 bits per heavy atom. The zero-order valence-electron chi connectivity index (χ0n) is 13.3. The Balaban J connectivity index is 2.47. The molecule has 1 heterocycles. The summed E-state index contributed by atoms with van der Waals surface area (Å²) in [6.45, 7) is 7.97. The summed E-state index contributed by atoms with van der Waals surface area (Å²) in [4.78, 5) is 13.6. The molecule has 1 amide bonds. The van der Waals surface area contributed by atoms with Crippen LogP contribution in [0.4, 0.5) is 5.69 Å². The summed E-state index contributed by atoms with van der Waals surface area (Å²) >= 11 is 0. The van der Waals surface area contributed by atoms with Crippen molar-refractivity contribution in [3.63, 3.8) is 0 Å². The molecule has 22 heavy (non-hydrogen) atoms. The lowest BCUT2D eigenvalue weighted by Gasteiger charge is -2.36. The van der Waals surface area contributed by atoms with Crippen molar-refractivity contribution in [2.45, 2.75) is 38.7 Å². The number of nitrogens with one attached hydrogen (secondary N) is 1. The van der Waals surface area contributed by atoms with Crippen molar-refractivity contribution >= 4 is 21.6 Å². The number of carbonyl (C=O) groups is 1. The molecule has 0 aromatic heterocycles. The topological polar surface area (TPSA) is 75.7 Å². The van der Waals surface area contributed by atoms with Crippen LogP contribution >= 0.6 is 0 Å². The lowest BCUT2D eigenvalue weighted by Crippen LogP contribution is -2.45.